The van der Waals surface area contributed by atoms with Crippen LogP contribution in [0.5, 0.6) is 0 Å². The van der Waals surface area contributed by atoms with Gasteiger partial charge in [0.2, 0.25) is 5.91 Å². The lowest BCUT2D eigenvalue weighted by molar-refractivity contribution is -0.144. The second kappa shape index (κ2) is 17.1. The quantitative estimate of drug-likeness (QED) is 0.260. The fraction of sp³-hybridized carbons (Fsp3) is 0.818. The third-order valence-corrected chi connectivity index (χ3v) is 4.92. The zero-order valence-electron chi connectivity index (χ0n) is 17.3. The number of carboxylic acid groups (broad SMARTS) is 1. The highest BCUT2D eigenvalue weighted by atomic mass is 16.4. The van der Waals surface area contributed by atoms with Crippen LogP contribution in [0.2, 0.25) is 0 Å². The molecule has 0 fully saturated rings. The summed E-state index contributed by atoms with van der Waals surface area (Å²) < 4.78 is 0. The largest absolute Gasteiger partial charge is 0.481 e. The molecular formula is C22H41NO3. The van der Waals surface area contributed by atoms with Gasteiger partial charge in [-0.05, 0) is 39.5 Å². The Balaban J connectivity index is 3.84. The molecule has 0 saturated heterocycles. The van der Waals surface area contributed by atoms with Crippen LogP contribution in [-0.2, 0) is 9.59 Å². The van der Waals surface area contributed by atoms with E-state index >= 15 is 0 Å². The minimum atomic E-state index is -0.871. The van der Waals surface area contributed by atoms with Crippen molar-refractivity contribution in [2.45, 2.75) is 97.8 Å². The van der Waals surface area contributed by atoms with Crippen LogP contribution in [0, 0.1) is 5.92 Å². The van der Waals surface area contributed by atoms with Gasteiger partial charge in [-0.15, -0.1) is 0 Å². The van der Waals surface area contributed by atoms with Gasteiger partial charge in [0.1, 0.15) is 0 Å². The first-order valence-corrected chi connectivity index (χ1v) is 10.7. The molecule has 26 heavy (non-hydrogen) atoms. The monoisotopic (exact) mass is 367 g/mol. The van der Waals surface area contributed by atoms with E-state index in [0.717, 1.165) is 19.3 Å². The summed E-state index contributed by atoms with van der Waals surface area (Å²) in [7, 11) is 0. The van der Waals surface area contributed by atoms with E-state index in [0.29, 0.717) is 19.5 Å². The van der Waals surface area contributed by atoms with Crippen LogP contribution in [0.15, 0.2) is 12.2 Å². The van der Waals surface area contributed by atoms with E-state index in [-0.39, 0.29) is 18.2 Å². The van der Waals surface area contributed by atoms with Crippen molar-refractivity contribution in [2.24, 2.45) is 5.92 Å². The average Bonchev–Trinajstić information content (AvgIpc) is 2.62. The smallest absolute Gasteiger partial charge is 0.304 e. The van der Waals surface area contributed by atoms with Crippen LogP contribution >= 0.6 is 0 Å². The maximum absolute atomic E-state index is 12.4. The Labute approximate surface area is 161 Å². The van der Waals surface area contributed by atoms with Crippen molar-refractivity contribution in [2.75, 3.05) is 13.1 Å². The summed E-state index contributed by atoms with van der Waals surface area (Å²) in [6.07, 6.45) is 17.2. The van der Waals surface area contributed by atoms with Crippen molar-refractivity contribution in [1.29, 1.82) is 0 Å². The number of carbonyl (C=O) groups excluding carboxylic acids is 1. The molecule has 0 saturated carbocycles. The third-order valence-electron chi connectivity index (χ3n) is 4.92. The molecule has 0 rings (SSSR count). The first-order chi connectivity index (χ1) is 12.6. The van der Waals surface area contributed by atoms with Gasteiger partial charge < -0.3 is 10.0 Å². The van der Waals surface area contributed by atoms with Crippen LogP contribution in [0.3, 0.4) is 0 Å². The van der Waals surface area contributed by atoms with E-state index in [1.54, 1.807) is 4.90 Å². The maximum atomic E-state index is 12.4. The van der Waals surface area contributed by atoms with Gasteiger partial charge in [0.25, 0.3) is 0 Å². The van der Waals surface area contributed by atoms with Gasteiger partial charge in [-0.1, -0.05) is 64.0 Å². The zero-order valence-corrected chi connectivity index (χ0v) is 17.3. The molecule has 0 aromatic heterocycles. The van der Waals surface area contributed by atoms with Crippen molar-refractivity contribution in [3.05, 3.63) is 12.2 Å². The maximum Gasteiger partial charge on any atom is 0.304 e. The fourth-order valence-corrected chi connectivity index (χ4v) is 3.32. The number of unbranched alkanes of at least 4 members (excludes halogenated alkanes) is 8. The van der Waals surface area contributed by atoms with Crippen LogP contribution in [-0.4, -0.2) is 35.0 Å². The van der Waals surface area contributed by atoms with Gasteiger partial charge in [-0.2, -0.15) is 0 Å². The Morgan fingerprint density at radius 3 is 1.88 bits per heavy atom. The molecule has 152 valence electrons. The summed E-state index contributed by atoms with van der Waals surface area (Å²) in [5.41, 5.74) is 0. The molecule has 4 heteroatoms. The standard InChI is InChI=1S/C22H41NO3/c1-4-7-8-9-10-11-12-13-14-15-16-17-18-20(19-21(24)25)22(26)23(5-2)6-3/h7-8,20H,4-6,9-19H2,1-3H3,(H,24,25)/b8-7+. The predicted octanol–water partition coefficient (Wildman–Crippen LogP) is 5.81. The third kappa shape index (κ3) is 13.0. The van der Waals surface area contributed by atoms with E-state index in [9.17, 15) is 9.59 Å². The molecule has 0 aliphatic rings. The number of hydrogen-bond donors (Lipinski definition) is 1. The van der Waals surface area contributed by atoms with Gasteiger partial charge in [-0.3, -0.25) is 9.59 Å². The molecule has 1 unspecified atom stereocenters. The lowest BCUT2D eigenvalue weighted by Gasteiger charge is -2.24. The number of carboxylic acids is 1. The molecule has 0 aromatic carbocycles. The number of allylic oxidation sites excluding steroid dienone is 2. The summed E-state index contributed by atoms with van der Waals surface area (Å²) in [6.45, 7) is 7.36. The van der Waals surface area contributed by atoms with Gasteiger partial charge in [-0.25, -0.2) is 0 Å². The minimum absolute atomic E-state index is 0.00882. The first-order valence-electron chi connectivity index (χ1n) is 10.7. The topological polar surface area (TPSA) is 57.6 Å². The Hall–Kier alpha value is -1.32. The van der Waals surface area contributed by atoms with Crippen LogP contribution in [0.4, 0.5) is 0 Å². The van der Waals surface area contributed by atoms with Gasteiger partial charge >= 0.3 is 5.97 Å². The SMILES string of the molecule is CC/C=C/CCCCCCCCCCC(CC(=O)O)C(=O)N(CC)CC. The molecule has 1 N–H and O–H groups in total. The molecule has 1 amide bonds. The first kappa shape index (κ1) is 24.7. The summed E-state index contributed by atoms with van der Waals surface area (Å²) in [4.78, 5) is 25.2. The van der Waals surface area contributed by atoms with E-state index in [2.05, 4.69) is 19.1 Å². The van der Waals surface area contributed by atoms with Crippen LogP contribution in [0.25, 0.3) is 0 Å². The van der Waals surface area contributed by atoms with Gasteiger partial charge in [0, 0.05) is 19.0 Å². The summed E-state index contributed by atoms with van der Waals surface area (Å²) in [6, 6.07) is 0. The van der Waals surface area contributed by atoms with E-state index in [4.69, 9.17) is 5.11 Å². The summed E-state index contributed by atoms with van der Waals surface area (Å²) in [5, 5.41) is 9.08. The second-order valence-electron chi connectivity index (χ2n) is 7.09. The van der Waals surface area contributed by atoms with E-state index in [1.807, 2.05) is 13.8 Å². The molecule has 0 aliphatic heterocycles. The van der Waals surface area contributed by atoms with Gasteiger partial charge in [0.05, 0.1) is 6.42 Å². The molecule has 0 bridgehead atoms. The van der Waals surface area contributed by atoms with Crippen LogP contribution < -0.4 is 0 Å². The Morgan fingerprint density at radius 2 is 1.38 bits per heavy atom. The number of rotatable bonds is 17. The molecule has 0 heterocycles. The molecule has 4 nitrogen and oxygen atoms in total. The zero-order chi connectivity index (χ0) is 19.6. The van der Waals surface area contributed by atoms with E-state index < -0.39 is 5.97 Å². The van der Waals surface area contributed by atoms with E-state index in [1.165, 1.54) is 44.9 Å². The van der Waals surface area contributed by atoms with Crippen LogP contribution in [0.1, 0.15) is 97.8 Å². The van der Waals surface area contributed by atoms with Crippen molar-refractivity contribution in [3.63, 3.8) is 0 Å². The minimum Gasteiger partial charge on any atom is -0.481 e. The Morgan fingerprint density at radius 1 is 0.846 bits per heavy atom. The normalized spacial score (nSPS) is 12.4. The summed E-state index contributed by atoms with van der Waals surface area (Å²) in [5.74, 6) is -1.22. The second-order valence-corrected chi connectivity index (χ2v) is 7.09. The Bertz CT molecular complexity index is 389. The highest BCUT2D eigenvalue weighted by molar-refractivity contribution is 5.83. The summed E-state index contributed by atoms with van der Waals surface area (Å²) >= 11 is 0. The molecule has 0 aliphatic carbocycles. The number of hydrogen-bond acceptors (Lipinski definition) is 2. The number of amides is 1. The van der Waals surface area contributed by atoms with Crippen molar-refractivity contribution < 1.29 is 14.7 Å². The van der Waals surface area contributed by atoms with Crippen molar-refractivity contribution >= 4 is 11.9 Å². The molecule has 1 atom stereocenters. The Kier molecular flexibility index (Phi) is 16.2. The molecule has 0 spiro atoms. The predicted molar refractivity (Wildman–Crippen MR) is 109 cm³/mol. The molecule has 0 radical (unpaired) electrons. The average molecular weight is 368 g/mol. The molecular weight excluding hydrogens is 326 g/mol. The van der Waals surface area contributed by atoms with Crippen molar-refractivity contribution in [3.8, 4) is 0 Å². The highest BCUT2D eigenvalue weighted by Crippen LogP contribution is 2.18. The lowest BCUT2D eigenvalue weighted by atomic mass is 9.95. The fourth-order valence-electron chi connectivity index (χ4n) is 3.32. The number of nitrogens with zero attached hydrogens (tertiary/aromatic N) is 1. The lowest BCUT2D eigenvalue weighted by Crippen LogP contribution is -2.36. The molecule has 0 aromatic rings. The number of aliphatic carboxylic acids is 1. The van der Waals surface area contributed by atoms with Crippen molar-refractivity contribution in [1.82, 2.24) is 4.90 Å². The van der Waals surface area contributed by atoms with Gasteiger partial charge in [0.15, 0.2) is 0 Å². The highest BCUT2D eigenvalue weighted by Gasteiger charge is 2.24. The number of carbonyl (C=O) groups is 2.